The van der Waals surface area contributed by atoms with Crippen molar-refractivity contribution in [2.45, 2.75) is 70.5 Å². The molecule has 0 saturated heterocycles. The first kappa shape index (κ1) is 18.1. The van der Waals surface area contributed by atoms with E-state index in [1.165, 1.54) is 6.20 Å². The molecule has 0 saturated carbocycles. The predicted octanol–water partition coefficient (Wildman–Crippen LogP) is 1.74. The second-order valence-electron chi connectivity index (χ2n) is 5.54. The SMILES string of the molecule is CCC(CC)NS(=O)(=O)c1cnn(CCCNC(C)C)c1. The first-order valence-electron chi connectivity index (χ1n) is 7.67. The summed E-state index contributed by atoms with van der Waals surface area (Å²) in [5, 5.41) is 7.45. The van der Waals surface area contributed by atoms with E-state index in [1.807, 2.05) is 13.8 Å². The molecule has 0 spiro atoms. The maximum absolute atomic E-state index is 12.2. The van der Waals surface area contributed by atoms with Gasteiger partial charge in [0, 0.05) is 24.8 Å². The summed E-state index contributed by atoms with van der Waals surface area (Å²) in [6, 6.07) is 0.441. The Morgan fingerprint density at radius 2 is 1.95 bits per heavy atom. The summed E-state index contributed by atoms with van der Waals surface area (Å²) in [5.74, 6) is 0. The van der Waals surface area contributed by atoms with Crippen molar-refractivity contribution in [3.63, 3.8) is 0 Å². The average Bonchev–Trinajstić information content (AvgIpc) is 2.90. The van der Waals surface area contributed by atoms with Crippen LogP contribution in [-0.4, -0.2) is 36.8 Å². The molecular formula is C14H28N4O2S. The first-order valence-corrected chi connectivity index (χ1v) is 9.15. The number of hydrogen-bond acceptors (Lipinski definition) is 4. The molecule has 1 heterocycles. The number of sulfonamides is 1. The van der Waals surface area contributed by atoms with Crippen LogP contribution in [0.5, 0.6) is 0 Å². The van der Waals surface area contributed by atoms with Crippen LogP contribution in [0.15, 0.2) is 17.3 Å². The van der Waals surface area contributed by atoms with Gasteiger partial charge in [0.1, 0.15) is 4.90 Å². The lowest BCUT2D eigenvalue weighted by molar-refractivity contribution is 0.512. The maximum atomic E-state index is 12.2. The molecule has 7 heteroatoms. The van der Waals surface area contributed by atoms with Crippen molar-refractivity contribution in [3.05, 3.63) is 12.4 Å². The van der Waals surface area contributed by atoms with E-state index < -0.39 is 10.0 Å². The summed E-state index contributed by atoms with van der Waals surface area (Å²) >= 11 is 0. The van der Waals surface area contributed by atoms with E-state index >= 15 is 0 Å². The monoisotopic (exact) mass is 316 g/mol. The Balaban J connectivity index is 2.57. The van der Waals surface area contributed by atoms with Crippen molar-refractivity contribution in [1.82, 2.24) is 19.8 Å². The molecule has 0 unspecified atom stereocenters. The highest BCUT2D eigenvalue weighted by Gasteiger charge is 2.19. The van der Waals surface area contributed by atoms with Crippen LogP contribution >= 0.6 is 0 Å². The zero-order chi connectivity index (χ0) is 15.9. The average molecular weight is 316 g/mol. The molecule has 0 radical (unpaired) electrons. The van der Waals surface area contributed by atoms with Crippen LogP contribution in [0.25, 0.3) is 0 Å². The highest BCUT2D eigenvalue weighted by Crippen LogP contribution is 2.10. The highest BCUT2D eigenvalue weighted by molar-refractivity contribution is 7.89. The van der Waals surface area contributed by atoms with E-state index in [0.717, 1.165) is 25.8 Å². The number of nitrogens with zero attached hydrogens (tertiary/aromatic N) is 2. The number of rotatable bonds is 10. The summed E-state index contributed by atoms with van der Waals surface area (Å²) in [4.78, 5) is 0.242. The highest BCUT2D eigenvalue weighted by atomic mass is 32.2. The summed E-state index contributed by atoms with van der Waals surface area (Å²) < 4.78 is 28.8. The van der Waals surface area contributed by atoms with E-state index in [2.05, 4.69) is 29.0 Å². The zero-order valence-electron chi connectivity index (χ0n) is 13.5. The Morgan fingerprint density at radius 1 is 1.29 bits per heavy atom. The van der Waals surface area contributed by atoms with Crippen molar-refractivity contribution in [2.24, 2.45) is 0 Å². The van der Waals surface area contributed by atoms with Gasteiger partial charge in [0.25, 0.3) is 0 Å². The van der Waals surface area contributed by atoms with Crippen LogP contribution in [0.2, 0.25) is 0 Å². The third-order valence-corrected chi connectivity index (χ3v) is 4.82. The molecule has 0 bridgehead atoms. The number of aromatic nitrogens is 2. The van der Waals surface area contributed by atoms with Crippen molar-refractivity contribution in [3.8, 4) is 0 Å². The molecule has 1 rings (SSSR count). The molecule has 0 aromatic carbocycles. The Hall–Kier alpha value is -0.920. The molecule has 0 aliphatic carbocycles. The lowest BCUT2D eigenvalue weighted by atomic mass is 10.2. The van der Waals surface area contributed by atoms with Gasteiger partial charge in [-0.05, 0) is 25.8 Å². The van der Waals surface area contributed by atoms with Crippen LogP contribution in [-0.2, 0) is 16.6 Å². The standard InChI is InChI=1S/C14H28N4O2S/c1-5-13(6-2)17-21(19,20)14-10-16-18(11-14)9-7-8-15-12(3)4/h10-13,15,17H,5-9H2,1-4H3. The largest absolute Gasteiger partial charge is 0.314 e. The minimum absolute atomic E-state index is 0.0198. The molecule has 6 nitrogen and oxygen atoms in total. The summed E-state index contributed by atoms with van der Waals surface area (Å²) in [6.07, 6.45) is 5.50. The van der Waals surface area contributed by atoms with E-state index in [1.54, 1.807) is 10.9 Å². The van der Waals surface area contributed by atoms with Crippen LogP contribution in [0, 0.1) is 0 Å². The van der Waals surface area contributed by atoms with Gasteiger partial charge in [-0.25, -0.2) is 13.1 Å². The summed E-state index contributed by atoms with van der Waals surface area (Å²) in [6.45, 7) is 9.75. The van der Waals surface area contributed by atoms with E-state index in [0.29, 0.717) is 12.6 Å². The van der Waals surface area contributed by atoms with E-state index in [-0.39, 0.29) is 10.9 Å². The Labute approximate surface area is 128 Å². The van der Waals surface area contributed by atoms with E-state index in [4.69, 9.17) is 0 Å². The number of aryl methyl sites for hydroxylation is 1. The van der Waals surface area contributed by atoms with Gasteiger partial charge in [0.2, 0.25) is 10.0 Å². The number of nitrogens with one attached hydrogen (secondary N) is 2. The molecule has 0 fully saturated rings. The fraction of sp³-hybridized carbons (Fsp3) is 0.786. The molecular weight excluding hydrogens is 288 g/mol. The van der Waals surface area contributed by atoms with Crippen LogP contribution in [0.1, 0.15) is 47.0 Å². The molecule has 21 heavy (non-hydrogen) atoms. The zero-order valence-corrected chi connectivity index (χ0v) is 14.3. The van der Waals surface area contributed by atoms with Gasteiger partial charge in [-0.15, -0.1) is 0 Å². The van der Waals surface area contributed by atoms with Crippen molar-refractivity contribution >= 4 is 10.0 Å². The fourth-order valence-electron chi connectivity index (χ4n) is 1.98. The van der Waals surface area contributed by atoms with Crippen LogP contribution < -0.4 is 10.0 Å². The smallest absolute Gasteiger partial charge is 0.243 e. The van der Waals surface area contributed by atoms with Crippen LogP contribution in [0.3, 0.4) is 0 Å². The minimum Gasteiger partial charge on any atom is -0.314 e. The Morgan fingerprint density at radius 3 is 2.52 bits per heavy atom. The second kappa shape index (κ2) is 8.51. The van der Waals surface area contributed by atoms with Gasteiger partial charge in [0.05, 0.1) is 6.20 Å². The second-order valence-corrected chi connectivity index (χ2v) is 7.25. The van der Waals surface area contributed by atoms with Gasteiger partial charge in [-0.3, -0.25) is 4.68 Å². The molecule has 0 amide bonds. The molecule has 122 valence electrons. The molecule has 0 atom stereocenters. The van der Waals surface area contributed by atoms with Crippen molar-refractivity contribution in [1.29, 1.82) is 0 Å². The Bertz CT molecular complexity index is 507. The third kappa shape index (κ3) is 6.15. The molecule has 2 N–H and O–H groups in total. The molecule has 1 aromatic heterocycles. The van der Waals surface area contributed by atoms with Gasteiger partial charge in [-0.1, -0.05) is 27.7 Å². The minimum atomic E-state index is -3.46. The third-order valence-electron chi connectivity index (χ3n) is 3.34. The number of hydrogen-bond donors (Lipinski definition) is 2. The van der Waals surface area contributed by atoms with Crippen molar-refractivity contribution < 1.29 is 8.42 Å². The molecule has 1 aromatic rings. The first-order chi connectivity index (χ1) is 9.89. The van der Waals surface area contributed by atoms with Gasteiger partial charge in [0.15, 0.2) is 0 Å². The molecule has 0 aliphatic rings. The van der Waals surface area contributed by atoms with Crippen LogP contribution in [0.4, 0.5) is 0 Å². The fourth-order valence-corrected chi connectivity index (χ4v) is 3.33. The van der Waals surface area contributed by atoms with Gasteiger partial charge in [-0.2, -0.15) is 5.10 Å². The maximum Gasteiger partial charge on any atom is 0.243 e. The van der Waals surface area contributed by atoms with Crippen molar-refractivity contribution in [2.75, 3.05) is 6.54 Å². The van der Waals surface area contributed by atoms with E-state index in [9.17, 15) is 8.42 Å². The van der Waals surface area contributed by atoms with Gasteiger partial charge < -0.3 is 5.32 Å². The summed E-state index contributed by atoms with van der Waals surface area (Å²) in [7, 11) is -3.46. The Kier molecular flexibility index (Phi) is 7.34. The predicted molar refractivity (Wildman–Crippen MR) is 84.7 cm³/mol. The summed E-state index contributed by atoms with van der Waals surface area (Å²) in [5.41, 5.74) is 0. The topological polar surface area (TPSA) is 76.0 Å². The molecule has 0 aliphatic heterocycles. The quantitative estimate of drug-likeness (QED) is 0.645. The lowest BCUT2D eigenvalue weighted by Crippen LogP contribution is -2.33. The lowest BCUT2D eigenvalue weighted by Gasteiger charge is -2.13. The normalized spacial score (nSPS) is 12.5. The van der Waals surface area contributed by atoms with Gasteiger partial charge >= 0.3 is 0 Å².